The molecule has 1 fully saturated rings. The molecule has 0 aliphatic carbocycles. The molecule has 23 heavy (non-hydrogen) atoms. The zero-order chi connectivity index (χ0) is 16.4. The second-order valence-corrected chi connectivity index (χ2v) is 8.01. The van der Waals surface area contributed by atoms with E-state index in [-0.39, 0.29) is 23.0 Å². The third-order valence-corrected chi connectivity index (χ3v) is 5.80. The van der Waals surface area contributed by atoms with Crippen LogP contribution in [0.15, 0.2) is 35.4 Å². The van der Waals surface area contributed by atoms with Crippen molar-refractivity contribution in [2.24, 2.45) is 5.92 Å². The Hall–Kier alpha value is -2.22. The second kappa shape index (κ2) is 6.11. The van der Waals surface area contributed by atoms with Gasteiger partial charge >= 0.3 is 0 Å². The van der Waals surface area contributed by atoms with Crippen LogP contribution in [0.4, 0.5) is 0 Å². The van der Waals surface area contributed by atoms with Crippen molar-refractivity contribution in [3.05, 3.63) is 46.5 Å². The number of nitrogens with zero attached hydrogens (tertiary/aromatic N) is 2. The highest BCUT2D eigenvalue weighted by Gasteiger charge is 2.24. The van der Waals surface area contributed by atoms with E-state index in [1.807, 2.05) is 0 Å². The minimum atomic E-state index is -2.91. The summed E-state index contributed by atoms with van der Waals surface area (Å²) in [6.45, 7) is 0.366. The van der Waals surface area contributed by atoms with Gasteiger partial charge in [0, 0.05) is 18.9 Å². The number of fused-ring (bicyclic) bond motifs is 1. The summed E-state index contributed by atoms with van der Waals surface area (Å²) >= 11 is 0. The van der Waals surface area contributed by atoms with Crippen LogP contribution in [0.2, 0.25) is 0 Å². The van der Waals surface area contributed by atoms with Gasteiger partial charge in [-0.1, -0.05) is 6.07 Å². The summed E-state index contributed by atoms with van der Waals surface area (Å²) < 4.78 is 24.1. The maximum absolute atomic E-state index is 12.3. The average Bonchev–Trinajstić information content (AvgIpc) is 2.54. The number of hydrogen-bond donors (Lipinski definition) is 1. The fourth-order valence-corrected chi connectivity index (χ4v) is 4.25. The van der Waals surface area contributed by atoms with Crippen molar-refractivity contribution < 1.29 is 13.2 Å². The molecule has 0 bridgehead atoms. The Kier molecular flexibility index (Phi) is 4.16. The van der Waals surface area contributed by atoms with Crippen LogP contribution in [-0.4, -0.2) is 41.8 Å². The standard InChI is InChI=1S/C15H17N3O4S/c19-14(17-9-11-4-7-23(21,22)8-5-11)12-10-16-13-3-1-2-6-18(13)15(12)20/h1-3,6,10-11H,4-5,7-9H2,(H,17,19). The Labute approximate surface area is 133 Å². The number of nitrogens with one attached hydrogen (secondary N) is 1. The van der Waals surface area contributed by atoms with Gasteiger partial charge in [0.15, 0.2) is 0 Å². The number of rotatable bonds is 3. The molecule has 0 saturated carbocycles. The summed E-state index contributed by atoms with van der Waals surface area (Å²) in [5.74, 6) is -0.0330. The summed E-state index contributed by atoms with van der Waals surface area (Å²) in [5.41, 5.74) is 0.0444. The number of carbonyl (C=O) groups excluding carboxylic acids is 1. The molecule has 2 aromatic heterocycles. The Balaban J connectivity index is 1.69. The molecule has 0 aromatic carbocycles. The zero-order valence-corrected chi connectivity index (χ0v) is 13.3. The number of aromatic nitrogens is 2. The van der Waals surface area contributed by atoms with Crippen LogP contribution in [0, 0.1) is 5.92 Å². The van der Waals surface area contributed by atoms with Crippen molar-refractivity contribution in [3.8, 4) is 0 Å². The summed E-state index contributed by atoms with van der Waals surface area (Å²) in [6.07, 6.45) is 3.92. The van der Waals surface area contributed by atoms with Crippen LogP contribution >= 0.6 is 0 Å². The molecule has 1 amide bonds. The molecule has 1 saturated heterocycles. The molecule has 3 heterocycles. The minimum absolute atomic E-state index is 0.0165. The molecule has 3 rings (SSSR count). The maximum atomic E-state index is 12.3. The first kappa shape index (κ1) is 15.7. The van der Waals surface area contributed by atoms with Crippen molar-refractivity contribution in [3.63, 3.8) is 0 Å². The van der Waals surface area contributed by atoms with Crippen LogP contribution in [-0.2, 0) is 9.84 Å². The van der Waals surface area contributed by atoms with Crippen LogP contribution < -0.4 is 10.9 Å². The van der Waals surface area contributed by atoms with Gasteiger partial charge in [-0.15, -0.1) is 0 Å². The SMILES string of the molecule is O=C(NCC1CCS(=O)(=O)CC1)c1cnc2ccccn2c1=O. The van der Waals surface area contributed by atoms with E-state index >= 15 is 0 Å². The van der Waals surface area contributed by atoms with E-state index < -0.39 is 21.3 Å². The Morgan fingerprint density at radius 1 is 1.30 bits per heavy atom. The average molecular weight is 335 g/mol. The quantitative estimate of drug-likeness (QED) is 0.867. The van der Waals surface area contributed by atoms with E-state index in [4.69, 9.17) is 0 Å². The molecule has 0 spiro atoms. The first-order valence-electron chi connectivity index (χ1n) is 7.41. The van der Waals surface area contributed by atoms with Crippen molar-refractivity contribution in [2.75, 3.05) is 18.1 Å². The third-order valence-electron chi connectivity index (χ3n) is 4.08. The number of amides is 1. The van der Waals surface area contributed by atoms with Gasteiger partial charge in [0.2, 0.25) is 0 Å². The van der Waals surface area contributed by atoms with E-state index in [0.29, 0.717) is 25.0 Å². The van der Waals surface area contributed by atoms with E-state index in [2.05, 4.69) is 10.3 Å². The lowest BCUT2D eigenvalue weighted by atomic mass is 10.0. The van der Waals surface area contributed by atoms with Crippen LogP contribution in [0.1, 0.15) is 23.2 Å². The van der Waals surface area contributed by atoms with E-state index in [0.717, 1.165) is 0 Å². The number of pyridine rings is 1. The number of carbonyl (C=O) groups is 1. The van der Waals surface area contributed by atoms with Gasteiger partial charge in [0.05, 0.1) is 11.5 Å². The van der Waals surface area contributed by atoms with Gasteiger partial charge in [-0.3, -0.25) is 14.0 Å². The van der Waals surface area contributed by atoms with Gasteiger partial charge in [0.25, 0.3) is 11.5 Å². The van der Waals surface area contributed by atoms with Gasteiger partial charge in [0.1, 0.15) is 21.0 Å². The molecular formula is C15H17N3O4S. The van der Waals surface area contributed by atoms with E-state index in [1.165, 1.54) is 10.6 Å². The monoisotopic (exact) mass is 335 g/mol. The van der Waals surface area contributed by atoms with Crippen molar-refractivity contribution in [1.29, 1.82) is 0 Å². The fourth-order valence-electron chi connectivity index (χ4n) is 2.66. The number of sulfone groups is 1. The highest BCUT2D eigenvalue weighted by atomic mass is 32.2. The summed E-state index contributed by atoms with van der Waals surface area (Å²) in [4.78, 5) is 28.6. The van der Waals surface area contributed by atoms with Crippen LogP contribution in [0.3, 0.4) is 0 Å². The molecule has 0 atom stereocenters. The van der Waals surface area contributed by atoms with Gasteiger partial charge < -0.3 is 5.32 Å². The Morgan fingerprint density at radius 3 is 2.78 bits per heavy atom. The molecule has 122 valence electrons. The number of hydrogen-bond acceptors (Lipinski definition) is 5. The summed E-state index contributed by atoms with van der Waals surface area (Å²) in [7, 11) is -2.91. The summed E-state index contributed by atoms with van der Waals surface area (Å²) in [5, 5.41) is 2.71. The van der Waals surface area contributed by atoms with Crippen molar-refractivity contribution in [1.82, 2.24) is 14.7 Å². The lowest BCUT2D eigenvalue weighted by Crippen LogP contribution is -2.36. The molecule has 7 nitrogen and oxygen atoms in total. The molecule has 2 aromatic rings. The minimum Gasteiger partial charge on any atom is -0.352 e. The van der Waals surface area contributed by atoms with Crippen LogP contribution in [0.25, 0.3) is 5.65 Å². The lowest BCUT2D eigenvalue weighted by molar-refractivity contribution is 0.0944. The third kappa shape index (κ3) is 3.42. The predicted molar refractivity (Wildman–Crippen MR) is 85.2 cm³/mol. The molecule has 8 heteroatoms. The van der Waals surface area contributed by atoms with E-state index in [1.54, 1.807) is 24.4 Å². The lowest BCUT2D eigenvalue weighted by Gasteiger charge is -2.21. The maximum Gasteiger partial charge on any atom is 0.270 e. The topological polar surface area (TPSA) is 97.6 Å². The Bertz CT molecular complexity index is 890. The van der Waals surface area contributed by atoms with Gasteiger partial charge in [-0.25, -0.2) is 13.4 Å². The molecule has 0 unspecified atom stereocenters. The molecule has 0 radical (unpaired) electrons. The second-order valence-electron chi connectivity index (χ2n) is 5.71. The predicted octanol–water partition coefficient (Wildman–Crippen LogP) is 0.249. The molecule has 1 aliphatic rings. The van der Waals surface area contributed by atoms with Crippen molar-refractivity contribution in [2.45, 2.75) is 12.8 Å². The molecule has 1 aliphatic heterocycles. The Morgan fingerprint density at radius 2 is 2.04 bits per heavy atom. The largest absolute Gasteiger partial charge is 0.352 e. The molecule has 1 N–H and O–H groups in total. The van der Waals surface area contributed by atoms with Gasteiger partial charge in [-0.2, -0.15) is 0 Å². The summed E-state index contributed by atoms with van der Waals surface area (Å²) in [6, 6.07) is 5.14. The fraction of sp³-hybridized carbons (Fsp3) is 0.400. The van der Waals surface area contributed by atoms with Crippen molar-refractivity contribution >= 4 is 21.4 Å². The molecular weight excluding hydrogens is 318 g/mol. The zero-order valence-electron chi connectivity index (χ0n) is 12.4. The smallest absolute Gasteiger partial charge is 0.270 e. The highest BCUT2D eigenvalue weighted by Crippen LogP contribution is 2.17. The van der Waals surface area contributed by atoms with E-state index in [9.17, 15) is 18.0 Å². The normalized spacial score (nSPS) is 17.9. The van der Waals surface area contributed by atoms with Gasteiger partial charge in [-0.05, 0) is 30.9 Å². The van der Waals surface area contributed by atoms with Crippen LogP contribution in [0.5, 0.6) is 0 Å². The first-order valence-corrected chi connectivity index (χ1v) is 9.23. The highest BCUT2D eigenvalue weighted by molar-refractivity contribution is 7.91. The first-order chi connectivity index (χ1) is 11.0.